The van der Waals surface area contributed by atoms with E-state index in [4.69, 9.17) is 14.2 Å². The van der Waals surface area contributed by atoms with Crippen LogP contribution >= 0.6 is 0 Å². The molecule has 1 atom stereocenters. The SMILES string of the molecule is CC/C=C\C/C=C\C/C=C\C/C=C\C/C=C\CCCCCCCCCCCCCCCCCC(=O)OCC(COC(=O)CCCCCCC/C=C\CCCC)OC(=O)CCCCCCC/C=C\C/C=C\CCCCCC. The zero-order valence-corrected chi connectivity index (χ0v) is 50.0. The molecule has 76 heavy (non-hydrogen) atoms. The van der Waals surface area contributed by atoms with E-state index < -0.39 is 6.10 Å². The average Bonchev–Trinajstić information content (AvgIpc) is 3.42. The van der Waals surface area contributed by atoms with Crippen LogP contribution in [0.3, 0.4) is 0 Å². The molecule has 0 aliphatic carbocycles. The normalized spacial score (nSPS) is 12.7. The van der Waals surface area contributed by atoms with E-state index in [0.29, 0.717) is 19.3 Å². The molecule has 0 spiro atoms. The summed E-state index contributed by atoms with van der Waals surface area (Å²) in [6.07, 6.45) is 85.7. The molecule has 0 saturated heterocycles. The van der Waals surface area contributed by atoms with Gasteiger partial charge in [0.1, 0.15) is 13.2 Å². The molecule has 0 aliphatic heterocycles. The molecule has 6 heteroatoms. The smallest absolute Gasteiger partial charge is 0.306 e. The number of allylic oxidation sites excluding steroid dienone is 16. The van der Waals surface area contributed by atoms with E-state index in [9.17, 15) is 14.4 Å². The molecule has 1 unspecified atom stereocenters. The lowest BCUT2D eigenvalue weighted by molar-refractivity contribution is -0.167. The summed E-state index contributed by atoms with van der Waals surface area (Å²) < 4.78 is 16.9. The van der Waals surface area contributed by atoms with E-state index in [-0.39, 0.29) is 31.1 Å². The predicted octanol–water partition coefficient (Wildman–Crippen LogP) is 22.0. The molecule has 0 heterocycles. The molecule has 0 bridgehead atoms. The third kappa shape index (κ3) is 61.2. The topological polar surface area (TPSA) is 78.9 Å². The highest BCUT2D eigenvalue weighted by molar-refractivity contribution is 5.71. The summed E-state index contributed by atoms with van der Waals surface area (Å²) in [6, 6.07) is 0. The molecule has 0 aromatic carbocycles. The largest absolute Gasteiger partial charge is 0.462 e. The third-order valence-electron chi connectivity index (χ3n) is 13.8. The van der Waals surface area contributed by atoms with Crippen LogP contribution < -0.4 is 0 Å². The van der Waals surface area contributed by atoms with Gasteiger partial charge in [-0.05, 0) is 116 Å². The summed E-state index contributed by atoms with van der Waals surface area (Å²) in [6.45, 7) is 6.47. The number of ether oxygens (including phenoxy) is 3. The number of carbonyl (C=O) groups excluding carboxylic acids is 3. The molecular weight excluding hydrogens is 937 g/mol. The van der Waals surface area contributed by atoms with Gasteiger partial charge in [0, 0.05) is 19.3 Å². The van der Waals surface area contributed by atoms with Crippen molar-refractivity contribution in [3.05, 3.63) is 97.2 Å². The number of rotatable bonds is 58. The van der Waals surface area contributed by atoms with Crippen molar-refractivity contribution < 1.29 is 28.6 Å². The summed E-state index contributed by atoms with van der Waals surface area (Å²) in [5.74, 6) is -0.899. The minimum absolute atomic E-state index is 0.0839. The lowest BCUT2D eigenvalue weighted by Crippen LogP contribution is -2.30. The molecular formula is C70H120O6. The minimum atomic E-state index is -0.787. The van der Waals surface area contributed by atoms with Gasteiger partial charge in [0.05, 0.1) is 0 Å². The van der Waals surface area contributed by atoms with E-state index in [1.54, 1.807) is 0 Å². The second-order valence-electron chi connectivity index (χ2n) is 21.3. The molecule has 436 valence electrons. The van der Waals surface area contributed by atoms with Gasteiger partial charge in [-0.25, -0.2) is 0 Å². The molecule has 0 fully saturated rings. The Morgan fingerprint density at radius 1 is 0.276 bits per heavy atom. The fourth-order valence-corrected chi connectivity index (χ4v) is 8.95. The number of esters is 3. The second kappa shape index (κ2) is 63.9. The highest BCUT2D eigenvalue weighted by atomic mass is 16.6. The van der Waals surface area contributed by atoms with Gasteiger partial charge in [-0.3, -0.25) is 14.4 Å². The van der Waals surface area contributed by atoms with Gasteiger partial charge >= 0.3 is 17.9 Å². The summed E-state index contributed by atoms with van der Waals surface area (Å²) in [4.78, 5) is 38.2. The Morgan fingerprint density at radius 2 is 0.526 bits per heavy atom. The van der Waals surface area contributed by atoms with E-state index in [0.717, 1.165) is 122 Å². The maximum Gasteiger partial charge on any atom is 0.306 e. The first-order chi connectivity index (χ1) is 37.5. The van der Waals surface area contributed by atoms with Crippen LogP contribution in [-0.2, 0) is 28.6 Å². The molecule has 0 N–H and O–H groups in total. The van der Waals surface area contributed by atoms with Gasteiger partial charge in [-0.2, -0.15) is 0 Å². The Hall–Kier alpha value is -3.67. The Balaban J connectivity index is 4.18. The van der Waals surface area contributed by atoms with Gasteiger partial charge in [0.25, 0.3) is 0 Å². The minimum Gasteiger partial charge on any atom is -0.462 e. The lowest BCUT2D eigenvalue weighted by atomic mass is 10.0. The second-order valence-corrected chi connectivity index (χ2v) is 21.3. The average molecular weight is 1060 g/mol. The Bertz CT molecular complexity index is 1490. The van der Waals surface area contributed by atoms with Crippen LogP contribution in [0.4, 0.5) is 0 Å². The first-order valence-electron chi connectivity index (χ1n) is 32.2. The molecule has 0 amide bonds. The van der Waals surface area contributed by atoms with Crippen molar-refractivity contribution in [1.82, 2.24) is 0 Å². The number of unbranched alkanes of at least 4 members (excludes halogenated alkanes) is 31. The number of hydrogen-bond acceptors (Lipinski definition) is 6. The third-order valence-corrected chi connectivity index (χ3v) is 13.8. The monoisotopic (exact) mass is 1060 g/mol. The van der Waals surface area contributed by atoms with Crippen molar-refractivity contribution in [2.45, 2.75) is 316 Å². The fraction of sp³-hybridized carbons (Fsp3) is 0.729. The van der Waals surface area contributed by atoms with Crippen LogP contribution in [0.5, 0.6) is 0 Å². The highest BCUT2D eigenvalue weighted by Crippen LogP contribution is 2.16. The first kappa shape index (κ1) is 72.3. The van der Waals surface area contributed by atoms with Crippen molar-refractivity contribution in [3.63, 3.8) is 0 Å². The highest BCUT2D eigenvalue weighted by Gasteiger charge is 2.19. The van der Waals surface area contributed by atoms with Crippen LogP contribution in [0.15, 0.2) is 97.2 Å². The van der Waals surface area contributed by atoms with Gasteiger partial charge in [-0.1, -0.05) is 272 Å². The lowest BCUT2D eigenvalue weighted by Gasteiger charge is -2.18. The molecule has 0 radical (unpaired) electrons. The van der Waals surface area contributed by atoms with Crippen LogP contribution in [-0.4, -0.2) is 37.2 Å². The molecule has 0 rings (SSSR count). The molecule has 0 aromatic heterocycles. The summed E-state index contributed by atoms with van der Waals surface area (Å²) >= 11 is 0. The summed E-state index contributed by atoms with van der Waals surface area (Å²) in [5, 5.41) is 0. The molecule has 0 saturated carbocycles. The van der Waals surface area contributed by atoms with Crippen molar-refractivity contribution >= 4 is 17.9 Å². The van der Waals surface area contributed by atoms with Crippen LogP contribution in [0.2, 0.25) is 0 Å². The van der Waals surface area contributed by atoms with E-state index in [2.05, 4.69) is 118 Å². The van der Waals surface area contributed by atoms with Crippen molar-refractivity contribution in [2.75, 3.05) is 13.2 Å². The van der Waals surface area contributed by atoms with Crippen LogP contribution in [0, 0.1) is 0 Å². The van der Waals surface area contributed by atoms with E-state index in [1.807, 2.05) is 0 Å². The zero-order chi connectivity index (χ0) is 55.0. The fourth-order valence-electron chi connectivity index (χ4n) is 8.95. The number of hydrogen-bond donors (Lipinski definition) is 0. The Kier molecular flexibility index (Phi) is 60.8. The predicted molar refractivity (Wildman–Crippen MR) is 330 cm³/mol. The van der Waals surface area contributed by atoms with Gasteiger partial charge < -0.3 is 14.2 Å². The Morgan fingerprint density at radius 3 is 0.855 bits per heavy atom. The van der Waals surface area contributed by atoms with Gasteiger partial charge in [0.2, 0.25) is 0 Å². The molecule has 6 nitrogen and oxygen atoms in total. The molecule has 0 aromatic rings. The Labute approximate surface area is 470 Å². The van der Waals surface area contributed by atoms with Crippen molar-refractivity contribution in [2.24, 2.45) is 0 Å². The maximum absolute atomic E-state index is 12.9. The van der Waals surface area contributed by atoms with E-state index in [1.165, 1.54) is 148 Å². The van der Waals surface area contributed by atoms with Gasteiger partial charge in [0.15, 0.2) is 6.10 Å². The number of carbonyl (C=O) groups is 3. The summed E-state index contributed by atoms with van der Waals surface area (Å²) in [5.41, 5.74) is 0. The van der Waals surface area contributed by atoms with Crippen LogP contribution in [0.25, 0.3) is 0 Å². The van der Waals surface area contributed by atoms with E-state index >= 15 is 0 Å². The first-order valence-corrected chi connectivity index (χ1v) is 32.2. The van der Waals surface area contributed by atoms with Crippen molar-refractivity contribution in [1.29, 1.82) is 0 Å². The standard InChI is InChI=1S/C70H120O6/c1-4-7-10-13-16-19-22-24-26-28-29-30-31-32-33-34-35-36-37-38-39-40-41-42-44-45-48-51-54-57-60-63-69(72)75-66-67(65-74-68(71)62-59-56-53-50-47-21-18-15-12-9-6-3)76-70(73)64-61-58-55-52-49-46-43-27-25-23-20-17-14-11-8-5-2/h7,10,15-16,18-20,23-24,26-27,29-30,32-33,43,67H,4-6,8-9,11-14,17,21-22,25,28,31,34-42,44-66H2,1-3H3/b10-7-,18-15-,19-16-,23-20-,26-24-,30-29-,33-32-,43-27-. The zero-order valence-electron chi connectivity index (χ0n) is 50.0. The molecule has 0 aliphatic rings. The summed E-state index contributed by atoms with van der Waals surface area (Å²) in [7, 11) is 0. The van der Waals surface area contributed by atoms with Crippen molar-refractivity contribution in [3.8, 4) is 0 Å². The van der Waals surface area contributed by atoms with Crippen LogP contribution in [0.1, 0.15) is 310 Å². The maximum atomic E-state index is 12.9. The van der Waals surface area contributed by atoms with Gasteiger partial charge in [-0.15, -0.1) is 0 Å². The quantitative estimate of drug-likeness (QED) is 0.0261.